The first kappa shape index (κ1) is 43.7. The summed E-state index contributed by atoms with van der Waals surface area (Å²) < 4.78 is 96.2. The number of amides is 2. The van der Waals surface area contributed by atoms with E-state index in [0.717, 1.165) is 34.7 Å². The second kappa shape index (κ2) is 17.6. The number of likely N-dealkylation sites (N-methyl/N-ethyl adjacent to an activating group) is 1. The second-order valence-corrected chi connectivity index (χ2v) is 15.9. The van der Waals surface area contributed by atoms with Crippen LogP contribution in [0.15, 0.2) is 54.0 Å². The van der Waals surface area contributed by atoms with E-state index < -0.39 is 63.5 Å². The van der Waals surface area contributed by atoms with Gasteiger partial charge in [0.1, 0.15) is 22.1 Å². The molecular formula is C40H48F6N4O6S. The molecule has 1 unspecified atom stereocenters. The van der Waals surface area contributed by atoms with E-state index in [2.05, 4.69) is 4.98 Å². The van der Waals surface area contributed by atoms with Gasteiger partial charge in [0.25, 0.3) is 11.8 Å². The highest BCUT2D eigenvalue weighted by Gasteiger charge is 2.56. The number of nitrogens with zero attached hydrogens (tertiary/aromatic N) is 3. The quantitative estimate of drug-likeness (QED) is 0.146. The van der Waals surface area contributed by atoms with Crippen molar-refractivity contribution in [2.45, 2.75) is 114 Å². The summed E-state index contributed by atoms with van der Waals surface area (Å²) in [6.07, 6.45) is -5.67. The molecule has 1 aromatic carbocycles. The molecule has 312 valence electrons. The molecule has 2 fully saturated rings. The normalized spacial score (nSPS) is 22.5. The number of aromatic nitrogens is 1. The van der Waals surface area contributed by atoms with Crippen molar-refractivity contribution in [3.63, 3.8) is 0 Å². The number of carboxylic acids is 1. The van der Waals surface area contributed by atoms with Crippen LogP contribution in [0.5, 0.6) is 11.5 Å². The SMILES string of the molecule is CCC[C@H]1N(C(=O)c2ncccc2C(F)(F)F)CCC[C@@]1(Oc1csc(C(F)(F)F)c1)C(=O)N(C)CCC(N)(CC)c1ccccc1O[C@@H]1CC[C@@H](CC(=O)O)C1. The summed E-state index contributed by atoms with van der Waals surface area (Å²) >= 11 is 0.371. The number of carbonyl (C=O) groups is 3. The molecule has 1 saturated heterocycles. The van der Waals surface area contributed by atoms with Gasteiger partial charge in [-0.15, -0.1) is 11.3 Å². The van der Waals surface area contributed by atoms with E-state index in [0.29, 0.717) is 54.8 Å². The molecule has 2 aromatic heterocycles. The summed E-state index contributed by atoms with van der Waals surface area (Å²) in [4.78, 5) is 45.6. The summed E-state index contributed by atoms with van der Waals surface area (Å²) in [6.45, 7) is 3.61. The van der Waals surface area contributed by atoms with Crippen LogP contribution in [0.4, 0.5) is 26.3 Å². The Balaban J connectivity index is 1.46. The van der Waals surface area contributed by atoms with Gasteiger partial charge < -0.3 is 30.1 Å². The minimum Gasteiger partial charge on any atom is -0.490 e. The van der Waals surface area contributed by atoms with Crippen LogP contribution in [0, 0.1) is 5.92 Å². The number of aliphatic carboxylic acids is 1. The molecule has 3 N–H and O–H groups in total. The van der Waals surface area contributed by atoms with Crippen LogP contribution in [0.2, 0.25) is 0 Å². The van der Waals surface area contributed by atoms with Crippen LogP contribution >= 0.6 is 11.3 Å². The van der Waals surface area contributed by atoms with E-state index in [1.807, 2.05) is 19.1 Å². The number of carbonyl (C=O) groups excluding carboxylic acids is 2. The van der Waals surface area contributed by atoms with Gasteiger partial charge in [-0.3, -0.25) is 19.4 Å². The number of alkyl halides is 6. The highest BCUT2D eigenvalue weighted by molar-refractivity contribution is 7.10. The van der Waals surface area contributed by atoms with Crippen molar-refractivity contribution in [3.8, 4) is 11.5 Å². The largest absolute Gasteiger partial charge is 0.490 e. The maximum absolute atomic E-state index is 14.9. The number of rotatable bonds is 15. The fourth-order valence-electron chi connectivity index (χ4n) is 8.10. The van der Waals surface area contributed by atoms with E-state index in [1.54, 1.807) is 19.1 Å². The summed E-state index contributed by atoms with van der Waals surface area (Å²) in [5.74, 6) is -2.34. The van der Waals surface area contributed by atoms with Crippen molar-refractivity contribution in [1.29, 1.82) is 0 Å². The number of ether oxygens (including phenoxy) is 2. The highest BCUT2D eigenvalue weighted by atomic mass is 32.1. The van der Waals surface area contributed by atoms with Crippen LogP contribution < -0.4 is 15.2 Å². The van der Waals surface area contributed by atoms with Crippen LogP contribution in [0.3, 0.4) is 0 Å². The number of carboxylic acid groups (broad SMARTS) is 1. The van der Waals surface area contributed by atoms with Gasteiger partial charge in [-0.25, -0.2) is 0 Å². The molecule has 1 aliphatic heterocycles. The number of para-hydroxylation sites is 1. The zero-order valence-electron chi connectivity index (χ0n) is 32.0. The Morgan fingerprint density at radius 2 is 1.77 bits per heavy atom. The Morgan fingerprint density at radius 1 is 1.05 bits per heavy atom. The number of pyridine rings is 1. The van der Waals surface area contributed by atoms with E-state index in [-0.39, 0.29) is 63.0 Å². The number of nitrogens with two attached hydrogens (primary N) is 1. The number of thiophene rings is 1. The van der Waals surface area contributed by atoms with Gasteiger partial charge in [-0.2, -0.15) is 26.3 Å². The Kier molecular flexibility index (Phi) is 13.5. The smallest absolute Gasteiger partial charge is 0.425 e. The lowest BCUT2D eigenvalue weighted by atomic mass is 9.79. The molecule has 0 radical (unpaired) electrons. The first-order chi connectivity index (χ1) is 26.8. The van der Waals surface area contributed by atoms with Crippen molar-refractivity contribution < 1.29 is 55.3 Å². The minimum absolute atomic E-state index is 0.00464. The number of halogens is 6. The summed E-state index contributed by atoms with van der Waals surface area (Å²) in [7, 11) is 1.49. The second-order valence-electron chi connectivity index (χ2n) is 14.9. The van der Waals surface area contributed by atoms with Crippen molar-refractivity contribution >= 4 is 29.1 Å². The Labute approximate surface area is 331 Å². The Hall–Kier alpha value is -4.38. The van der Waals surface area contributed by atoms with Crippen molar-refractivity contribution in [2.75, 3.05) is 20.1 Å². The molecule has 1 aliphatic carbocycles. The van der Waals surface area contributed by atoms with Gasteiger partial charge >= 0.3 is 18.3 Å². The van der Waals surface area contributed by atoms with E-state index in [4.69, 9.17) is 15.2 Å². The van der Waals surface area contributed by atoms with Gasteiger partial charge in [0.15, 0.2) is 0 Å². The van der Waals surface area contributed by atoms with E-state index in [9.17, 15) is 45.8 Å². The molecule has 5 rings (SSSR count). The number of hydrogen-bond acceptors (Lipinski definition) is 8. The monoisotopic (exact) mass is 826 g/mol. The average Bonchev–Trinajstić information content (AvgIpc) is 3.83. The van der Waals surface area contributed by atoms with Gasteiger partial charge in [-0.1, -0.05) is 38.5 Å². The Bertz CT molecular complexity index is 1890. The Morgan fingerprint density at radius 3 is 2.42 bits per heavy atom. The first-order valence-electron chi connectivity index (χ1n) is 19.0. The van der Waals surface area contributed by atoms with Crippen LogP contribution in [0.1, 0.15) is 105 Å². The summed E-state index contributed by atoms with van der Waals surface area (Å²) in [5.41, 5.74) is 2.61. The number of benzene rings is 1. The molecule has 2 amide bonds. The zero-order valence-corrected chi connectivity index (χ0v) is 32.8. The van der Waals surface area contributed by atoms with Gasteiger partial charge in [0.05, 0.1) is 17.7 Å². The third-order valence-electron chi connectivity index (χ3n) is 11.1. The van der Waals surface area contributed by atoms with E-state index in [1.165, 1.54) is 11.9 Å². The average molecular weight is 827 g/mol. The molecule has 2 aliphatic rings. The lowest BCUT2D eigenvalue weighted by Gasteiger charge is -2.49. The third kappa shape index (κ3) is 9.85. The number of likely N-dealkylation sites (tertiary alicyclic amines) is 1. The molecule has 5 atom stereocenters. The molecule has 1 saturated carbocycles. The molecule has 0 bridgehead atoms. The molecule has 17 heteroatoms. The first-order valence-corrected chi connectivity index (χ1v) is 19.9. The minimum atomic E-state index is -4.92. The van der Waals surface area contributed by atoms with Gasteiger partial charge in [0.2, 0.25) is 5.60 Å². The molecular weight excluding hydrogens is 779 g/mol. The predicted molar refractivity (Wildman–Crippen MR) is 200 cm³/mol. The predicted octanol–water partition coefficient (Wildman–Crippen LogP) is 8.54. The van der Waals surface area contributed by atoms with Crippen molar-refractivity contribution in [1.82, 2.24) is 14.8 Å². The molecule has 3 heterocycles. The maximum atomic E-state index is 14.9. The zero-order chi connectivity index (χ0) is 41.8. The standard InChI is InChI=1S/C40H48F6N4O6S/c1-4-10-31-38(56-27-23-32(57-24-27)40(44,45)46,16-9-19-50(31)35(53)34-29(39(41,42)43)12-8-18-48-34)36(54)49(3)20-17-37(47,5-2)28-11-6-7-13-30(28)55-26-15-14-25(21-26)22-33(51)52/h6-8,11-13,18,23-26,31H,4-5,9-10,14-17,19-22,47H2,1-3H3,(H,51,52)/t25-,26-,31-,37?,38+/m1/s1. The summed E-state index contributed by atoms with van der Waals surface area (Å²) in [5, 5.41) is 10.4. The van der Waals surface area contributed by atoms with Crippen molar-refractivity contribution in [3.05, 3.63) is 75.7 Å². The van der Waals surface area contributed by atoms with Gasteiger partial charge in [-0.05, 0) is 69.1 Å². The van der Waals surface area contributed by atoms with Crippen LogP contribution in [-0.2, 0) is 27.5 Å². The lowest BCUT2D eigenvalue weighted by Crippen LogP contribution is -2.68. The van der Waals surface area contributed by atoms with Crippen LogP contribution in [0.25, 0.3) is 0 Å². The number of hydrogen-bond donors (Lipinski definition) is 2. The van der Waals surface area contributed by atoms with Gasteiger partial charge in [0, 0.05) is 61.7 Å². The van der Waals surface area contributed by atoms with E-state index >= 15 is 0 Å². The molecule has 57 heavy (non-hydrogen) atoms. The maximum Gasteiger partial charge on any atom is 0.425 e. The van der Waals surface area contributed by atoms with Crippen LogP contribution in [-0.4, -0.2) is 75.6 Å². The topological polar surface area (TPSA) is 135 Å². The summed E-state index contributed by atoms with van der Waals surface area (Å²) in [6, 6.07) is 8.63. The third-order valence-corrected chi connectivity index (χ3v) is 12.0. The lowest BCUT2D eigenvalue weighted by molar-refractivity contribution is -0.158. The molecule has 3 aromatic rings. The molecule has 0 spiro atoms. The fraction of sp³-hybridized carbons (Fsp3) is 0.550. The fourth-order valence-corrected chi connectivity index (χ4v) is 8.78. The van der Waals surface area contributed by atoms with Crippen molar-refractivity contribution in [2.24, 2.45) is 11.7 Å². The highest BCUT2D eigenvalue weighted by Crippen LogP contribution is 2.43. The molecule has 10 nitrogen and oxygen atoms in total. The number of piperidine rings is 1.